The zero-order valence-electron chi connectivity index (χ0n) is 38.1. The van der Waals surface area contributed by atoms with Crippen LogP contribution in [0.1, 0.15) is 265 Å². The van der Waals surface area contributed by atoms with E-state index in [1.807, 2.05) is 0 Å². The van der Waals surface area contributed by atoms with Crippen molar-refractivity contribution in [3.8, 4) is 0 Å². The van der Waals surface area contributed by atoms with E-state index in [0.717, 1.165) is 70.6 Å². The number of ether oxygens (including phenoxy) is 3. The molecule has 0 heterocycles. The summed E-state index contributed by atoms with van der Waals surface area (Å²) < 4.78 is 16.7. The molecule has 0 aromatic carbocycles. The zero-order chi connectivity index (χ0) is 41.5. The minimum Gasteiger partial charge on any atom is -0.462 e. The fraction of sp³-hybridized carbons (Fsp3) is 0.863. The lowest BCUT2D eigenvalue weighted by atomic mass is 10.1. The van der Waals surface area contributed by atoms with Crippen molar-refractivity contribution < 1.29 is 28.6 Å². The SMILES string of the molecule is CCCCC/C=C\CCCCCCCC(=O)OC(COC(=O)CCCCCCC/C=C\CCCCCCCCC)COC(=O)CCCCCCCCCCCCC. The third-order valence-corrected chi connectivity index (χ3v) is 10.9. The predicted octanol–water partition coefficient (Wildman–Crippen LogP) is 16.0. The van der Waals surface area contributed by atoms with Gasteiger partial charge in [0.25, 0.3) is 0 Å². The summed E-state index contributed by atoms with van der Waals surface area (Å²) >= 11 is 0. The number of carbonyl (C=O) groups is 3. The third-order valence-electron chi connectivity index (χ3n) is 10.9. The Labute approximate surface area is 353 Å². The van der Waals surface area contributed by atoms with Crippen LogP contribution in [0.4, 0.5) is 0 Å². The Bertz CT molecular complexity index is 927. The molecular formula is C51H94O6. The first-order chi connectivity index (χ1) is 28.0. The first-order valence-electron chi connectivity index (χ1n) is 24.8. The topological polar surface area (TPSA) is 78.9 Å². The highest BCUT2D eigenvalue weighted by Gasteiger charge is 2.19. The largest absolute Gasteiger partial charge is 0.462 e. The van der Waals surface area contributed by atoms with Crippen molar-refractivity contribution in [2.24, 2.45) is 0 Å². The zero-order valence-corrected chi connectivity index (χ0v) is 38.1. The molecule has 0 amide bonds. The van der Waals surface area contributed by atoms with Crippen molar-refractivity contribution in [3.63, 3.8) is 0 Å². The maximum atomic E-state index is 12.7. The molecule has 0 rings (SSSR count). The number of carbonyl (C=O) groups excluding carboxylic acids is 3. The molecule has 0 saturated carbocycles. The third kappa shape index (κ3) is 44.8. The smallest absolute Gasteiger partial charge is 0.306 e. The van der Waals surface area contributed by atoms with Gasteiger partial charge < -0.3 is 14.2 Å². The fourth-order valence-corrected chi connectivity index (χ4v) is 7.14. The molecule has 1 atom stereocenters. The second kappa shape index (κ2) is 46.6. The van der Waals surface area contributed by atoms with Gasteiger partial charge in [0.15, 0.2) is 6.10 Å². The minimum absolute atomic E-state index is 0.0741. The summed E-state index contributed by atoms with van der Waals surface area (Å²) in [6.45, 7) is 6.60. The number of unbranched alkanes of at least 4 members (excludes halogenated alkanes) is 30. The van der Waals surface area contributed by atoms with Crippen molar-refractivity contribution in [2.45, 2.75) is 271 Å². The molecular weight excluding hydrogens is 709 g/mol. The average Bonchev–Trinajstić information content (AvgIpc) is 3.21. The summed E-state index contributed by atoms with van der Waals surface area (Å²) in [6, 6.07) is 0. The first-order valence-corrected chi connectivity index (χ1v) is 24.8. The molecule has 0 aliphatic heterocycles. The van der Waals surface area contributed by atoms with Crippen LogP contribution < -0.4 is 0 Å². The molecule has 1 unspecified atom stereocenters. The second-order valence-corrected chi connectivity index (χ2v) is 16.7. The monoisotopic (exact) mass is 803 g/mol. The molecule has 6 nitrogen and oxygen atoms in total. The van der Waals surface area contributed by atoms with Gasteiger partial charge in [0.05, 0.1) is 0 Å². The van der Waals surface area contributed by atoms with Crippen LogP contribution in [0.25, 0.3) is 0 Å². The van der Waals surface area contributed by atoms with Crippen molar-refractivity contribution in [1.82, 2.24) is 0 Å². The molecule has 0 bridgehead atoms. The van der Waals surface area contributed by atoms with Crippen LogP contribution in [-0.2, 0) is 28.6 Å². The molecule has 0 radical (unpaired) electrons. The lowest BCUT2D eigenvalue weighted by molar-refractivity contribution is -0.167. The van der Waals surface area contributed by atoms with Crippen LogP contribution in [0.2, 0.25) is 0 Å². The number of allylic oxidation sites excluding steroid dienone is 4. The van der Waals surface area contributed by atoms with Crippen LogP contribution in [0.5, 0.6) is 0 Å². The maximum absolute atomic E-state index is 12.7. The van der Waals surface area contributed by atoms with Gasteiger partial charge in [-0.15, -0.1) is 0 Å². The Hall–Kier alpha value is -2.11. The summed E-state index contributed by atoms with van der Waals surface area (Å²) in [5.74, 6) is -0.884. The van der Waals surface area contributed by atoms with E-state index in [1.165, 1.54) is 154 Å². The van der Waals surface area contributed by atoms with Gasteiger partial charge in [-0.25, -0.2) is 0 Å². The molecule has 0 fully saturated rings. The summed E-state index contributed by atoms with van der Waals surface area (Å²) in [7, 11) is 0. The van der Waals surface area contributed by atoms with Crippen LogP contribution in [0.3, 0.4) is 0 Å². The van der Waals surface area contributed by atoms with Gasteiger partial charge in [0.2, 0.25) is 0 Å². The van der Waals surface area contributed by atoms with E-state index in [-0.39, 0.29) is 31.1 Å². The van der Waals surface area contributed by atoms with Gasteiger partial charge in [-0.1, -0.05) is 199 Å². The first kappa shape index (κ1) is 54.9. The Morgan fingerprint density at radius 3 is 0.912 bits per heavy atom. The number of esters is 3. The molecule has 0 saturated heterocycles. The normalized spacial score (nSPS) is 12.1. The van der Waals surface area contributed by atoms with E-state index in [1.54, 1.807) is 0 Å². The highest BCUT2D eigenvalue weighted by Crippen LogP contribution is 2.15. The molecule has 6 heteroatoms. The van der Waals surface area contributed by atoms with Crippen molar-refractivity contribution in [3.05, 3.63) is 24.3 Å². The fourth-order valence-electron chi connectivity index (χ4n) is 7.14. The van der Waals surface area contributed by atoms with Gasteiger partial charge in [0.1, 0.15) is 13.2 Å². The van der Waals surface area contributed by atoms with Gasteiger partial charge in [-0.3, -0.25) is 14.4 Å². The van der Waals surface area contributed by atoms with Gasteiger partial charge in [-0.05, 0) is 70.6 Å². The lowest BCUT2D eigenvalue weighted by Gasteiger charge is -2.18. The number of hydrogen-bond acceptors (Lipinski definition) is 6. The predicted molar refractivity (Wildman–Crippen MR) is 243 cm³/mol. The molecule has 0 aliphatic carbocycles. The quantitative estimate of drug-likeness (QED) is 0.0264. The highest BCUT2D eigenvalue weighted by molar-refractivity contribution is 5.71. The Morgan fingerprint density at radius 1 is 0.333 bits per heavy atom. The molecule has 0 spiro atoms. The maximum Gasteiger partial charge on any atom is 0.306 e. The van der Waals surface area contributed by atoms with Gasteiger partial charge in [0, 0.05) is 19.3 Å². The highest BCUT2D eigenvalue weighted by atomic mass is 16.6. The van der Waals surface area contributed by atoms with Crippen LogP contribution in [0.15, 0.2) is 24.3 Å². The average molecular weight is 803 g/mol. The Kier molecular flexibility index (Phi) is 44.9. The van der Waals surface area contributed by atoms with E-state index >= 15 is 0 Å². The van der Waals surface area contributed by atoms with E-state index < -0.39 is 6.10 Å². The van der Waals surface area contributed by atoms with Crippen molar-refractivity contribution >= 4 is 17.9 Å². The second-order valence-electron chi connectivity index (χ2n) is 16.7. The summed E-state index contributed by atoms with van der Waals surface area (Å²) in [5.41, 5.74) is 0. The van der Waals surface area contributed by atoms with E-state index in [0.29, 0.717) is 19.3 Å². The Balaban J connectivity index is 4.34. The molecule has 0 aromatic rings. The summed E-state index contributed by atoms with van der Waals surface area (Å²) in [6.07, 6.45) is 51.6. The van der Waals surface area contributed by atoms with Crippen LogP contribution in [0, 0.1) is 0 Å². The van der Waals surface area contributed by atoms with E-state index in [4.69, 9.17) is 14.2 Å². The Morgan fingerprint density at radius 2 is 0.579 bits per heavy atom. The van der Waals surface area contributed by atoms with Crippen molar-refractivity contribution in [1.29, 1.82) is 0 Å². The molecule has 57 heavy (non-hydrogen) atoms. The summed E-state index contributed by atoms with van der Waals surface area (Å²) in [4.78, 5) is 37.8. The van der Waals surface area contributed by atoms with E-state index in [2.05, 4.69) is 45.1 Å². The standard InChI is InChI=1S/C51H94O6/c1-4-7-10-13-16-19-22-24-25-26-27-30-32-35-38-41-44-50(53)56-47-48(46-55-49(52)43-40-37-34-31-28-21-18-15-12-9-6-3)57-51(54)45-42-39-36-33-29-23-20-17-14-11-8-5-2/h17,20,25-26,48H,4-16,18-19,21-24,27-47H2,1-3H3/b20-17-,26-25-. The molecule has 0 aliphatic rings. The molecule has 0 aromatic heterocycles. The minimum atomic E-state index is -0.773. The molecule has 0 N–H and O–H groups in total. The van der Waals surface area contributed by atoms with Gasteiger partial charge in [-0.2, -0.15) is 0 Å². The number of hydrogen-bond donors (Lipinski definition) is 0. The lowest BCUT2D eigenvalue weighted by Crippen LogP contribution is -2.30. The number of rotatable bonds is 45. The van der Waals surface area contributed by atoms with Gasteiger partial charge >= 0.3 is 17.9 Å². The molecule has 334 valence electrons. The summed E-state index contributed by atoms with van der Waals surface area (Å²) in [5, 5.41) is 0. The van der Waals surface area contributed by atoms with E-state index in [9.17, 15) is 14.4 Å². The van der Waals surface area contributed by atoms with Crippen LogP contribution >= 0.6 is 0 Å². The van der Waals surface area contributed by atoms with Crippen molar-refractivity contribution in [2.75, 3.05) is 13.2 Å². The van der Waals surface area contributed by atoms with Crippen LogP contribution in [-0.4, -0.2) is 37.2 Å².